The third kappa shape index (κ3) is 38.6. The largest absolute Gasteiger partial charge is 0.368 e. The highest BCUT2D eigenvalue weighted by atomic mass is 16.2. The van der Waals surface area contributed by atoms with Gasteiger partial charge in [-0.05, 0) is 176 Å². The second-order valence-electron chi connectivity index (χ2n) is 35.0. The molecule has 127 heavy (non-hydrogen) atoms. The third-order valence-electron chi connectivity index (χ3n) is 21.8. The molecule has 38 heteroatoms. The lowest BCUT2D eigenvalue weighted by Gasteiger charge is -2.29. The van der Waals surface area contributed by atoms with Gasteiger partial charge in [-0.3, -0.25) is 71.9 Å². The van der Waals surface area contributed by atoms with E-state index in [1.165, 1.54) is 19.4 Å². The highest BCUT2D eigenvalue weighted by molar-refractivity contribution is 6.01. The summed E-state index contributed by atoms with van der Waals surface area (Å²) in [6, 6.07) is -1.33. The van der Waals surface area contributed by atoms with Crippen LogP contribution in [0.3, 0.4) is 0 Å². The topological polar surface area (TPSA) is 625 Å². The van der Waals surface area contributed by atoms with Crippen molar-refractivity contribution in [2.45, 2.75) is 297 Å². The van der Waals surface area contributed by atoms with E-state index in [9.17, 15) is 67.1 Å². The number of H-pyrrole nitrogens is 2. The van der Waals surface area contributed by atoms with Crippen molar-refractivity contribution in [3.05, 3.63) is 90.1 Å². The van der Waals surface area contributed by atoms with Gasteiger partial charge in [0.2, 0.25) is 88.6 Å². The van der Waals surface area contributed by atoms with Crippen LogP contribution in [0.15, 0.2) is 73.3 Å². The summed E-state index contributed by atoms with van der Waals surface area (Å²) >= 11 is 0. The molecule has 15 atom stereocenters. The van der Waals surface area contributed by atoms with E-state index < -0.39 is 197 Å². The van der Waals surface area contributed by atoms with Crippen LogP contribution in [-0.2, 0) is 91.2 Å². The third-order valence-corrected chi connectivity index (χ3v) is 21.8. The van der Waals surface area contributed by atoms with Crippen molar-refractivity contribution in [2.75, 3.05) is 32.7 Å². The van der Waals surface area contributed by atoms with E-state index in [0.717, 1.165) is 10.9 Å². The smallest absolute Gasteiger partial charge is 0.243 e. The molecule has 0 aliphatic heterocycles. The molecule has 4 aromatic rings. The molecule has 0 fully saturated rings. The molecule has 38 nitrogen and oxygen atoms in total. The molecule has 4 rings (SSSR count). The van der Waals surface area contributed by atoms with Crippen molar-refractivity contribution in [1.82, 2.24) is 89.4 Å². The van der Waals surface area contributed by atoms with E-state index in [2.05, 4.69) is 89.4 Å². The standard InChI is InChI=1S/C89H147N23O15/c1-14-55(12)75(87(125)98-48-72(113)100-56(13)77(115)110-73(53(8)9)89(127)109-68(42-52(6)7)82(120)103-65(35-23-27-39-93)81(119)111-74(54(10)11)88(126)104-66(76(95)114)40-50(2)3)112-86(124)71(45-59-47-96-49-99-59)108-80(118)64(34-22-26-38-92)101-84(122)69(43-57-28-16-15-17-29-57)107-83(121)67(41-51(4)5)106-79(117)63(33-21-25-37-91)102-85(123)70(105-78(116)61(94)31-20-24-36-90)44-58-46-97-62-32-19-18-30-60(58)62/h15-19,28-30,32,46-47,49-56,61,63-71,73-75,97H,14,20-27,31,33-45,48,90-94H2,1-13H3,(H2,95,114)(H,96,99)(H,98,125)(H,100,113)(H,101,122)(H,102,123)(H,103,120)(H,104,126)(H,105,116)(H,106,117)(H,107,121)(H,108,118)(H,109,127)(H,110,115)(H,111,119)(H,112,124)/t55-,56-,61-,63-,64-,65-,66-,67-,68-,69-,70-,71-,73-,74-,75-/m0/s1. The molecule has 2 aromatic heterocycles. The van der Waals surface area contributed by atoms with Crippen LogP contribution in [0.25, 0.3) is 10.9 Å². The molecule has 0 unspecified atom stereocenters. The Bertz CT molecular complexity index is 4140. The van der Waals surface area contributed by atoms with Crippen LogP contribution in [0.4, 0.5) is 0 Å². The summed E-state index contributed by atoms with van der Waals surface area (Å²) in [6.07, 6.45) is 9.08. The quantitative estimate of drug-likeness (QED) is 0.0262. The van der Waals surface area contributed by atoms with E-state index >= 15 is 4.79 Å². The van der Waals surface area contributed by atoms with E-state index in [1.807, 2.05) is 65.8 Å². The first-order valence-corrected chi connectivity index (χ1v) is 44.9. The van der Waals surface area contributed by atoms with Crippen molar-refractivity contribution >= 4 is 99.5 Å². The summed E-state index contributed by atoms with van der Waals surface area (Å²) in [5.41, 5.74) is 37.8. The van der Waals surface area contributed by atoms with Gasteiger partial charge in [0.15, 0.2) is 0 Å². The van der Waals surface area contributed by atoms with Crippen LogP contribution in [0, 0.1) is 35.5 Å². The zero-order chi connectivity index (χ0) is 94.6. The number of benzene rings is 2. The average molecular weight is 1780 g/mol. The minimum atomic E-state index is -1.46. The van der Waals surface area contributed by atoms with Gasteiger partial charge in [-0.2, -0.15) is 0 Å². The highest BCUT2D eigenvalue weighted by Crippen LogP contribution is 2.22. The lowest BCUT2D eigenvalue weighted by Crippen LogP contribution is -2.61. The number of nitrogens with two attached hydrogens (primary N) is 6. The van der Waals surface area contributed by atoms with Crippen LogP contribution < -0.4 is 109 Å². The maximum atomic E-state index is 15.1. The molecule has 28 N–H and O–H groups in total. The summed E-state index contributed by atoms with van der Waals surface area (Å²) < 4.78 is 0. The normalized spacial score (nSPS) is 15.0. The van der Waals surface area contributed by atoms with Gasteiger partial charge in [0, 0.05) is 48.3 Å². The number of para-hydroxylation sites is 1. The maximum Gasteiger partial charge on any atom is 0.243 e. The summed E-state index contributed by atoms with van der Waals surface area (Å²) in [5, 5.41) is 39.2. The fourth-order valence-corrected chi connectivity index (χ4v) is 14.3. The van der Waals surface area contributed by atoms with Gasteiger partial charge in [-0.1, -0.05) is 144 Å². The minimum absolute atomic E-state index is 0.00337. The van der Waals surface area contributed by atoms with Gasteiger partial charge in [0.25, 0.3) is 0 Å². The Hall–Kier alpha value is -11.0. The van der Waals surface area contributed by atoms with Crippen molar-refractivity contribution in [1.29, 1.82) is 0 Å². The van der Waals surface area contributed by atoms with Crippen molar-refractivity contribution in [3.8, 4) is 0 Å². The summed E-state index contributed by atoms with van der Waals surface area (Å²) in [4.78, 5) is 224. The number of aromatic amines is 2. The van der Waals surface area contributed by atoms with Crippen LogP contribution in [0.5, 0.6) is 0 Å². The molecular weight excluding hydrogens is 1630 g/mol. The first kappa shape index (κ1) is 108. The second-order valence-corrected chi connectivity index (χ2v) is 35.0. The van der Waals surface area contributed by atoms with Crippen molar-refractivity contribution in [3.63, 3.8) is 0 Å². The van der Waals surface area contributed by atoms with Gasteiger partial charge in [0.05, 0.1) is 18.9 Å². The molecule has 0 radical (unpaired) electrons. The maximum absolute atomic E-state index is 15.1. The zero-order valence-electron chi connectivity index (χ0n) is 76.5. The first-order valence-electron chi connectivity index (χ1n) is 44.9. The molecule has 2 aromatic carbocycles. The van der Waals surface area contributed by atoms with E-state index in [-0.39, 0.29) is 95.2 Å². The predicted molar refractivity (Wildman–Crippen MR) is 485 cm³/mol. The lowest BCUT2D eigenvalue weighted by atomic mass is 9.97. The Morgan fingerprint density at radius 1 is 0.378 bits per heavy atom. The average Bonchev–Trinajstić information content (AvgIpc) is 1.69. The molecule has 0 saturated carbocycles. The lowest BCUT2D eigenvalue weighted by molar-refractivity contribution is -0.136. The number of primary amides is 1. The molecule has 0 bridgehead atoms. The SMILES string of the molecule is CC[C@H](C)[C@H](NC(=O)[C@H](Cc1cnc[nH]1)NC(=O)[C@H](CCCCN)NC(=O)[C@H](Cc1ccccc1)NC(=O)[C@H](CC(C)C)NC(=O)[C@H](CCCCN)NC(=O)[C@H](Cc1c[nH]c2ccccc12)NC(=O)[C@@H](N)CCCCN)C(=O)NCC(=O)N[C@@H](C)C(=O)N[C@H](C(=O)N[C@@H](CC(C)C)C(=O)N[C@@H](CCCCN)C(=O)N[C@H](C(=O)N[C@@H](CC(C)C)C(N)=O)C(C)C)C(C)C. The number of aromatic nitrogens is 3. The van der Waals surface area contributed by atoms with E-state index in [1.54, 1.807) is 78.1 Å². The number of unbranched alkanes of at least 4 members (excludes halogenated alkanes) is 4. The van der Waals surface area contributed by atoms with Gasteiger partial charge in [-0.25, -0.2) is 4.98 Å². The van der Waals surface area contributed by atoms with E-state index in [4.69, 9.17) is 34.4 Å². The van der Waals surface area contributed by atoms with Crippen LogP contribution in [0.1, 0.15) is 210 Å². The van der Waals surface area contributed by atoms with Gasteiger partial charge >= 0.3 is 0 Å². The van der Waals surface area contributed by atoms with Gasteiger partial charge < -0.3 is 119 Å². The zero-order valence-corrected chi connectivity index (χ0v) is 76.5. The Labute approximate surface area is 746 Å². The number of amides is 15. The fourth-order valence-electron chi connectivity index (χ4n) is 14.3. The van der Waals surface area contributed by atoms with Gasteiger partial charge in [-0.15, -0.1) is 0 Å². The summed E-state index contributed by atoms with van der Waals surface area (Å²) in [6.45, 7) is 23.0. The summed E-state index contributed by atoms with van der Waals surface area (Å²) in [7, 11) is 0. The van der Waals surface area contributed by atoms with Crippen LogP contribution in [-0.4, -0.2) is 221 Å². The number of rotatable bonds is 61. The monoisotopic (exact) mass is 1780 g/mol. The minimum Gasteiger partial charge on any atom is -0.368 e. The molecule has 0 aliphatic carbocycles. The highest BCUT2D eigenvalue weighted by Gasteiger charge is 2.40. The molecule has 708 valence electrons. The Morgan fingerprint density at radius 3 is 1.23 bits per heavy atom. The Kier molecular flexibility index (Phi) is 48.6. The number of carbonyl (C=O) groups is 15. The number of imidazole rings is 1. The van der Waals surface area contributed by atoms with E-state index in [0.29, 0.717) is 87.6 Å². The number of nitrogens with one attached hydrogen (secondary N) is 16. The molecule has 15 amide bonds. The molecule has 0 spiro atoms. The molecule has 0 saturated heterocycles. The Morgan fingerprint density at radius 2 is 0.764 bits per heavy atom. The van der Waals surface area contributed by atoms with Crippen molar-refractivity contribution < 1.29 is 71.9 Å². The number of carbonyl (C=O) groups excluding carboxylic acids is 15. The first-order chi connectivity index (χ1) is 60.2. The Balaban J connectivity index is 1.54. The summed E-state index contributed by atoms with van der Waals surface area (Å²) in [5.74, 6) is -13.4. The fraction of sp³-hybridized carbons (Fsp3) is 0.640. The van der Waals surface area contributed by atoms with Crippen LogP contribution in [0.2, 0.25) is 0 Å². The number of nitrogens with zero attached hydrogens (tertiary/aromatic N) is 1. The number of hydrogen-bond donors (Lipinski definition) is 22. The molecular formula is C89H147N23O15. The predicted octanol–water partition coefficient (Wildman–Crippen LogP) is 0.182. The second kappa shape index (κ2) is 57.0. The van der Waals surface area contributed by atoms with Crippen molar-refractivity contribution in [2.24, 2.45) is 69.9 Å². The van der Waals surface area contributed by atoms with Gasteiger partial charge in [0.1, 0.15) is 78.5 Å². The molecule has 0 aliphatic rings. The van der Waals surface area contributed by atoms with Crippen LogP contribution >= 0.6 is 0 Å². The number of hydrogen-bond acceptors (Lipinski definition) is 21. The molecule has 2 heterocycles. The number of fused-ring (bicyclic) bond motifs is 1.